The van der Waals surface area contributed by atoms with E-state index in [0.717, 1.165) is 17.7 Å². The Hall–Kier alpha value is -0.720. The van der Waals surface area contributed by atoms with E-state index in [1.165, 1.54) is 0 Å². The van der Waals surface area contributed by atoms with Crippen LogP contribution in [0.2, 0.25) is 0 Å². The van der Waals surface area contributed by atoms with Crippen LogP contribution in [0.15, 0.2) is 24.3 Å². The molecule has 4 nitrogen and oxygen atoms in total. The molecule has 0 saturated heterocycles. The van der Waals surface area contributed by atoms with Gasteiger partial charge in [0.05, 0.1) is 5.75 Å². The Balaban J connectivity index is 2.66. The molecule has 18 heavy (non-hydrogen) atoms. The lowest BCUT2D eigenvalue weighted by molar-refractivity contribution is 0.557. The molecule has 0 aliphatic heterocycles. The first-order chi connectivity index (χ1) is 8.46. The number of nitrogens with one attached hydrogen (secondary N) is 1. The number of benzene rings is 1. The first-order valence-electron chi connectivity index (χ1n) is 5.80. The van der Waals surface area contributed by atoms with Crippen LogP contribution in [0.1, 0.15) is 18.9 Å². The third-order valence-electron chi connectivity index (χ3n) is 2.54. The second-order valence-corrected chi connectivity index (χ2v) is 6.84. The molecule has 0 heterocycles. The molecule has 0 bridgehead atoms. The average molecular weight is 288 g/mol. The normalized spacial score (nSPS) is 13.4. The molecule has 6 heteroatoms. The molecule has 0 aromatic heterocycles. The molecule has 1 atom stereocenters. The van der Waals surface area contributed by atoms with Crippen molar-refractivity contribution in [2.45, 2.75) is 25.1 Å². The summed E-state index contributed by atoms with van der Waals surface area (Å²) in [4.78, 5) is 0. The minimum atomic E-state index is -3.29. The van der Waals surface area contributed by atoms with Gasteiger partial charge in [-0.15, -0.1) is 0 Å². The van der Waals surface area contributed by atoms with Gasteiger partial charge in [0.1, 0.15) is 0 Å². The smallest absolute Gasteiger partial charge is 0.216 e. The van der Waals surface area contributed by atoms with Crippen LogP contribution in [0, 0.1) is 0 Å². The minimum Gasteiger partial charge on any atom is -0.399 e. The van der Waals surface area contributed by atoms with Gasteiger partial charge in [-0.25, -0.2) is 13.1 Å². The summed E-state index contributed by atoms with van der Waals surface area (Å²) in [5, 5.41) is 0. The summed E-state index contributed by atoms with van der Waals surface area (Å²) in [5.74, 6) is 0.787. The van der Waals surface area contributed by atoms with E-state index >= 15 is 0 Å². The molecular formula is C12H20N2O2S2. The van der Waals surface area contributed by atoms with Gasteiger partial charge < -0.3 is 5.73 Å². The highest BCUT2D eigenvalue weighted by atomic mass is 32.2. The zero-order valence-electron chi connectivity index (χ0n) is 10.7. The molecule has 0 spiro atoms. The summed E-state index contributed by atoms with van der Waals surface area (Å²) in [6.45, 7) is 1.98. The molecule has 0 saturated carbocycles. The van der Waals surface area contributed by atoms with E-state index in [1.54, 1.807) is 36.0 Å². The van der Waals surface area contributed by atoms with Crippen LogP contribution in [0.25, 0.3) is 0 Å². The summed E-state index contributed by atoms with van der Waals surface area (Å²) >= 11 is 1.64. The number of nitrogen functional groups attached to an aromatic ring is 1. The van der Waals surface area contributed by atoms with Crippen molar-refractivity contribution in [3.8, 4) is 0 Å². The number of rotatable bonds is 7. The van der Waals surface area contributed by atoms with Crippen molar-refractivity contribution in [1.82, 2.24) is 4.72 Å². The number of hydrogen-bond donors (Lipinski definition) is 2. The highest BCUT2D eigenvalue weighted by molar-refractivity contribution is 7.98. The van der Waals surface area contributed by atoms with E-state index in [9.17, 15) is 8.42 Å². The van der Waals surface area contributed by atoms with Gasteiger partial charge in [0, 0.05) is 17.5 Å². The third-order valence-corrected chi connectivity index (χ3v) is 4.68. The van der Waals surface area contributed by atoms with Gasteiger partial charge in [0.25, 0.3) is 0 Å². The maximum atomic E-state index is 12.0. The summed E-state index contributed by atoms with van der Waals surface area (Å²) in [7, 11) is -3.29. The SMILES string of the molecule is CCC(CSC)NS(=O)(=O)Cc1ccc(N)cc1. The van der Waals surface area contributed by atoms with Crippen molar-refractivity contribution in [2.75, 3.05) is 17.7 Å². The van der Waals surface area contributed by atoms with Gasteiger partial charge in [-0.3, -0.25) is 0 Å². The molecular weight excluding hydrogens is 268 g/mol. The van der Waals surface area contributed by atoms with Crippen molar-refractivity contribution in [1.29, 1.82) is 0 Å². The molecule has 1 unspecified atom stereocenters. The van der Waals surface area contributed by atoms with Gasteiger partial charge in [-0.1, -0.05) is 19.1 Å². The van der Waals surface area contributed by atoms with Gasteiger partial charge in [-0.05, 0) is 30.4 Å². The standard InChI is InChI=1S/C12H20N2O2S2/c1-3-12(8-17-2)14-18(15,16)9-10-4-6-11(13)7-5-10/h4-7,12,14H,3,8-9,13H2,1-2H3. The largest absolute Gasteiger partial charge is 0.399 e. The molecule has 0 amide bonds. The second-order valence-electron chi connectivity index (χ2n) is 4.18. The van der Waals surface area contributed by atoms with Crippen molar-refractivity contribution in [2.24, 2.45) is 0 Å². The van der Waals surface area contributed by atoms with Gasteiger partial charge in [0.15, 0.2) is 0 Å². The number of hydrogen-bond acceptors (Lipinski definition) is 4. The molecule has 102 valence electrons. The minimum absolute atomic E-state index is 0.00113. The fraction of sp³-hybridized carbons (Fsp3) is 0.500. The lowest BCUT2D eigenvalue weighted by Crippen LogP contribution is -2.36. The number of anilines is 1. The predicted octanol–water partition coefficient (Wildman–Crippen LogP) is 1.83. The van der Waals surface area contributed by atoms with Crippen LogP contribution in [-0.4, -0.2) is 26.5 Å². The zero-order chi connectivity index (χ0) is 13.6. The number of nitrogens with two attached hydrogens (primary N) is 1. The highest BCUT2D eigenvalue weighted by Crippen LogP contribution is 2.10. The van der Waals surface area contributed by atoms with E-state index in [4.69, 9.17) is 5.73 Å². The van der Waals surface area contributed by atoms with Gasteiger partial charge in [0.2, 0.25) is 10.0 Å². The second kappa shape index (κ2) is 7.01. The van der Waals surface area contributed by atoms with Gasteiger partial charge in [-0.2, -0.15) is 11.8 Å². The van der Waals surface area contributed by atoms with Crippen LogP contribution >= 0.6 is 11.8 Å². The lowest BCUT2D eigenvalue weighted by Gasteiger charge is -2.15. The monoisotopic (exact) mass is 288 g/mol. The van der Waals surface area contributed by atoms with E-state index in [0.29, 0.717) is 5.69 Å². The molecule has 0 radical (unpaired) electrons. The molecule has 0 fully saturated rings. The highest BCUT2D eigenvalue weighted by Gasteiger charge is 2.16. The van der Waals surface area contributed by atoms with Crippen molar-refractivity contribution in [3.05, 3.63) is 29.8 Å². The van der Waals surface area contributed by atoms with Crippen molar-refractivity contribution >= 4 is 27.5 Å². The third kappa shape index (κ3) is 5.29. The van der Waals surface area contributed by atoms with Crippen LogP contribution in [0.4, 0.5) is 5.69 Å². The number of sulfonamides is 1. The molecule has 1 aromatic carbocycles. The molecule has 0 aliphatic carbocycles. The maximum Gasteiger partial charge on any atom is 0.216 e. The van der Waals surface area contributed by atoms with E-state index in [2.05, 4.69) is 4.72 Å². The van der Waals surface area contributed by atoms with Gasteiger partial charge >= 0.3 is 0 Å². The van der Waals surface area contributed by atoms with Crippen molar-refractivity contribution < 1.29 is 8.42 Å². The van der Waals surface area contributed by atoms with Crippen LogP contribution < -0.4 is 10.5 Å². The Kier molecular flexibility index (Phi) is 5.98. The van der Waals surface area contributed by atoms with E-state index in [-0.39, 0.29) is 11.8 Å². The Morgan fingerprint density at radius 1 is 1.33 bits per heavy atom. The molecule has 1 aromatic rings. The average Bonchev–Trinajstić information content (AvgIpc) is 2.31. The topological polar surface area (TPSA) is 72.2 Å². The van der Waals surface area contributed by atoms with Crippen LogP contribution in [0.3, 0.4) is 0 Å². The molecule has 0 aliphatic rings. The fourth-order valence-corrected chi connectivity index (χ4v) is 3.86. The number of thioether (sulfide) groups is 1. The van der Waals surface area contributed by atoms with Crippen molar-refractivity contribution in [3.63, 3.8) is 0 Å². The van der Waals surface area contributed by atoms with Crippen LogP contribution in [-0.2, 0) is 15.8 Å². The van der Waals surface area contributed by atoms with E-state index in [1.807, 2.05) is 13.2 Å². The van der Waals surface area contributed by atoms with E-state index < -0.39 is 10.0 Å². The Bertz CT molecular complexity index is 457. The maximum absolute atomic E-state index is 12.0. The Morgan fingerprint density at radius 2 is 1.94 bits per heavy atom. The van der Waals surface area contributed by atoms with Crippen LogP contribution in [0.5, 0.6) is 0 Å². The Labute approximate surface area is 113 Å². The summed E-state index contributed by atoms with van der Waals surface area (Å²) < 4.78 is 26.7. The Morgan fingerprint density at radius 3 is 2.44 bits per heavy atom. The summed E-state index contributed by atoms with van der Waals surface area (Å²) in [6, 6.07) is 6.90. The summed E-state index contributed by atoms with van der Waals surface area (Å²) in [6.07, 6.45) is 2.76. The molecule has 3 N–H and O–H groups in total. The quantitative estimate of drug-likeness (QED) is 0.751. The predicted molar refractivity (Wildman–Crippen MR) is 79.1 cm³/mol. The first-order valence-corrected chi connectivity index (χ1v) is 8.85. The molecule has 1 rings (SSSR count). The zero-order valence-corrected chi connectivity index (χ0v) is 12.4. The fourth-order valence-electron chi connectivity index (χ4n) is 1.57. The lowest BCUT2D eigenvalue weighted by atomic mass is 10.2. The first kappa shape index (κ1) is 15.3. The summed E-state index contributed by atoms with van der Waals surface area (Å²) in [5.41, 5.74) is 6.95.